The van der Waals surface area contributed by atoms with Crippen molar-refractivity contribution >= 4 is 114 Å². The molecule has 0 saturated heterocycles. The van der Waals surface area contributed by atoms with Gasteiger partial charge in [0.2, 0.25) is 23.5 Å². The highest BCUT2D eigenvalue weighted by molar-refractivity contribution is 7.01. The van der Waals surface area contributed by atoms with Crippen molar-refractivity contribution in [3.63, 3.8) is 0 Å². The lowest BCUT2D eigenvalue weighted by atomic mass is 9.33. The van der Waals surface area contributed by atoms with Crippen LogP contribution >= 0.6 is 0 Å². The topological polar surface area (TPSA) is 127 Å². The molecule has 0 aliphatic carbocycles. The molecule has 0 amide bonds. The average molecular weight is 1280 g/mol. The van der Waals surface area contributed by atoms with Gasteiger partial charge in [-0.15, -0.1) is 0 Å². The number of hydrogen-bond acceptors (Lipinski definition) is 12. The third-order valence-electron chi connectivity index (χ3n) is 18.8. The van der Waals surface area contributed by atoms with Gasteiger partial charge in [0.25, 0.3) is 13.4 Å². The summed E-state index contributed by atoms with van der Waals surface area (Å²) in [4.78, 5) is 23.6. The molecule has 0 bridgehead atoms. The molecule has 4 aromatic heterocycles. The summed E-state index contributed by atoms with van der Waals surface area (Å²) in [6.07, 6.45) is 3.50. The van der Waals surface area contributed by atoms with Gasteiger partial charge in [-0.2, -0.15) is 0 Å². The summed E-state index contributed by atoms with van der Waals surface area (Å²) in [5.74, 6) is 3.85. The van der Waals surface area contributed by atoms with Gasteiger partial charge in [-0.25, -0.2) is 19.9 Å². The second-order valence-electron chi connectivity index (χ2n) is 27.2. The largest absolute Gasteiger partial charge is 0.439 e. The first-order chi connectivity index (χ1) is 46.8. The quantitative estimate of drug-likeness (QED) is 0.127. The minimum atomic E-state index is -0.0975. The van der Waals surface area contributed by atoms with Gasteiger partial charge in [0.05, 0.1) is 0 Å². The first kappa shape index (κ1) is 62.5. The molecule has 4 aliphatic heterocycles. The monoisotopic (exact) mass is 1280 g/mol. The minimum Gasteiger partial charge on any atom is -0.439 e. The average Bonchev–Trinajstić information content (AvgIpc) is 0.774. The number of rotatable bonds is 10. The van der Waals surface area contributed by atoms with Gasteiger partial charge in [0.15, 0.2) is 11.2 Å². The normalized spacial score (nSPS) is 12.8. The molecule has 14 heteroatoms. The molecule has 0 unspecified atom stereocenters. The molecule has 0 radical (unpaired) electrons. The summed E-state index contributed by atoms with van der Waals surface area (Å²) in [7, 11) is 0. The Morgan fingerprint density at radius 1 is 0.388 bits per heavy atom. The van der Waals surface area contributed by atoms with Crippen LogP contribution < -0.4 is 62.7 Å². The van der Waals surface area contributed by atoms with Crippen LogP contribution in [0.25, 0.3) is 45.1 Å². The van der Waals surface area contributed by atoms with E-state index in [-0.39, 0.29) is 39.1 Å². The summed E-state index contributed by atoms with van der Waals surface area (Å²) in [5, 5.41) is 7.49. The lowest BCUT2D eigenvalue weighted by molar-refractivity contribution is 0.463. The minimum absolute atomic E-state index is 0. The number of oxazole rings is 2. The maximum Gasteiger partial charge on any atom is 0.252 e. The maximum atomic E-state index is 6.44. The fraction of sp³-hybridized carbons (Fsp3) is 0.143. The zero-order valence-corrected chi connectivity index (χ0v) is 54.1. The predicted molar refractivity (Wildman–Crippen MR) is 405 cm³/mol. The molecule has 10 aromatic carbocycles. The van der Waals surface area contributed by atoms with Crippen LogP contribution in [0.15, 0.2) is 264 Å². The van der Waals surface area contributed by atoms with Gasteiger partial charge in [-0.1, -0.05) is 166 Å². The smallest absolute Gasteiger partial charge is 0.252 e. The van der Waals surface area contributed by atoms with Crippen molar-refractivity contribution in [2.75, 3.05) is 20.4 Å². The molecule has 2 N–H and O–H groups in total. The zero-order valence-electron chi connectivity index (χ0n) is 54.1. The third kappa shape index (κ3) is 11.4. The molecule has 18 rings (SSSR count). The standard InChI is InChI=1S/C48H39BN4O2.C34H27BN4O2.2CH4/c1-48(2,3)35-27-42-46-43(28-35)53(31-33-16-8-5-9-17-33)41-24-22-36(54-45-20-12-13-25-50-45)29-38(41)49(46)37-26-34(47-51-39-18-10-11-19-44(39)55-47)21-23-40(37)52(42)30-32-14-6-4-7-15-32;1-34(2,3)21-17-28-32-29(18-21)38-26-14-12-22(40-31-10-6-7-15-36-31)19-24(26)35(32)23-16-20(11-13-25(23)37-28)33-39-27-8-4-5-9-30(27)41-33;;/h4-29H,30-31H2,1-3H3;4-19,37-38H,1-3H3;2*1H4. The Hall–Kier alpha value is -11.6. The van der Waals surface area contributed by atoms with Crippen molar-refractivity contribution in [3.8, 4) is 46.2 Å². The van der Waals surface area contributed by atoms with Gasteiger partial charge in [0.1, 0.15) is 22.5 Å². The Morgan fingerprint density at radius 2 is 0.806 bits per heavy atom. The highest BCUT2D eigenvalue weighted by Gasteiger charge is 2.45. The first-order valence-electron chi connectivity index (χ1n) is 32.8. The Bertz CT molecular complexity index is 5220. The Balaban J connectivity index is 0.000000163. The Kier molecular flexibility index (Phi) is 15.8. The van der Waals surface area contributed by atoms with Crippen LogP contribution in [-0.4, -0.2) is 33.4 Å². The number of benzene rings is 10. The van der Waals surface area contributed by atoms with E-state index in [9.17, 15) is 0 Å². The van der Waals surface area contributed by atoms with E-state index in [1.807, 2.05) is 91.0 Å². The zero-order chi connectivity index (χ0) is 64.8. The third-order valence-corrected chi connectivity index (χ3v) is 18.8. The summed E-state index contributed by atoms with van der Waals surface area (Å²) < 4.78 is 25.1. The number of ether oxygens (including phenoxy) is 2. The Labute approximate surface area is 573 Å². The molecular formula is C84H74B2N8O4. The van der Waals surface area contributed by atoms with Crippen LogP contribution in [0.5, 0.6) is 23.3 Å². The number of para-hydroxylation sites is 4. The molecular weight excluding hydrogens is 1210 g/mol. The summed E-state index contributed by atoms with van der Waals surface area (Å²) in [6.45, 7) is 15.0. The molecule has 0 fully saturated rings. The van der Waals surface area contributed by atoms with E-state index in [4.69, 9.17) is 28.3 Å². The highest BCUT2D eigenvalue weighted by atomic mass is 16.5. The van der Waals surface area contributed by atoms with E-state index in [1.165, 1.54) is 60.9 Å². The molecule has 0 saturated carbocycles. The van der Waals surface area contributed by atoms with E-state index >= 15 is 0 Å². The van der Waals surface area contributed by atoms with Crippen LogP contribution in [0.2, 0.25) is 0 Å². The van der Waals surface area contributed by atoms with Crippen molar-refractivity contribution in [1.29, 1.82) is 0 Å². The molecule has 8 heterocycles. The fourth-order valence-electron chi connectivity index (χ4n) is 14.1. The van der Waals surface area contributed by atoms with Crippen LogP contribution in [-0.2, 0) is 23.9 Å². The van der Waals surface area contributed by atoms with E-state index in [1.54, 1.807) is 12.4 Å². The van der Waals surface area contributed by atoms with E-state index < -0.39 is 0 Å². The van der Waals surface area contributed by atoms with Crippen molar-refractivity contribution in [2.24, 2.45) is 0 Å². The van der Waals surface area contributed by atoms with Crippen molar-refractivity contribution in [1.82, 2.24) is 19.9 Å². The second-order valence-corrected chi connectivity index (χ2v) is 27.2. The molecule has 0 atom stereocenters. The number of nitrogens with one attached hydrogen (secondary N) is 2. The molecule has 98 heavy (non-hydrogen) atoms. The Morgan fingerprint density at radius 3 is 1.32 bits per heavy atom. The van der Waals surface area contributed by atoms with Crippen molar-refractivity contribution in [2.45, 2.75) is 80.3 Å². The summed E-state index contributed by atoms with van der Waals surface area (Å²) in [6, 6.07) is 84.2. The lowest BCUT2D eigenvalue weighted by Gasteiger charge is -2.45. The van der Waals surface area contributed by atoms with E-state index in [0.717, 1.165) is 97.5 Å². The number of aromatic nitrogens is 4. The van der Waals surface area contributed by atoms with Crippen LogP contribution in [0, 0.1) is 0 Å². The second kappa shape index (κ2) is 24.9. The number of anilines is 8. The van der Waals surface area contributed by atoms with Crippen LogP contribution in [0.4, 0.5) is 45.5 Å². The van der Waals surface area contributed by atoms with Crippen molar-refractivity contribution < 1.29 is 18.3 Å². The number of pyridine rings is 2. The first-order valence-corrected chi connectivity index (χ1v) is 32.8. The lowest BCUT2D eigenvalue weighted by Crippen LogP contribution is -2.62. The summed E-state index contributed by atoms with van der Waals surface area (Å²) in [5.41, 5.74) is 26.4. The van der Waals surface area contributed by atoms with Gasteiger partial charge < -0.3 is 38.7 Å². The van der Waals surface area contributed by atoms with Crippen molar-refractivity contribution in [3.05, 3.63) is 277 Å². The number of fused-ring (bicyclic) bond motifs is 10. The number of nitrogens with zero attached hydrogens (tertiary/aromatic N) is 6. The molecule has 14 aromatic rings. The van der Waals surface area contributed by atoms with Gasteiger partial charge in [0, 0.05) is 94.2 Å². The molecule has 4 aliphatic rings. The van der Waals surface area contributed by atoms with E-state index in [0.29, 0.717) is 23.5 Å². The fourth-order valence-corrected chi connectivity index (χ4v) is 14.1. The summed E-state index contributed by atoms with van der Waals surface area (Å²) >= 11 is 0. The van der Waals surface area contributed by atoms with Gasteiger partial charge in [-0.3, -0.25) is 0 Å². The van der Waals surface area contributed by atoms with E-state index in [2.05, 4.69) is 224 Å². The SMILES string of the molecule is C.C.CC(C)(C)c1cc2c3c(c1)N(Cc1ccccc1)c1ccc(-c4nc5ccccc5o4)cc1B3c1cc(Oc3ccccn3)ccc1N2Cc1ccccc1.CC(C)(C)c1cc2c3c(c1)Nc1ccc(-c4nc5ccccc5o4)cc1B3c1cc(Oc3ccccn3)ccc1N2. The van der Waals surface area contributed by atoms with Crippen LogP contribution in [0.1, 0.15) is 78.6 Å². The molecule has 12 nitrogen and oxygen atoms in total. The highest BCUT2D eigenvalue weighted by Crippen LogP contribution is 2.44. The van der Waals surface area contributed by atoms with Gasteiger partial charge >= 0.3 is 0 Å². The number of hydrogen-bond donors (Lipinski definition) is 2. The van der Waals surface area contributed by atoms with Gasteiger partial charge in [-0.05, 0) is 187 Å². The molecule has 480 valence electrons. The van der Waals surface area contributed by atoms with Crippen LogP contribution in [0.3, 0.4) is 0 Å². The predicted octanol–water partition coefficient (Wildman–Crippen LogP) is 17.7. The molecule has 0 spiro atoms. The maximum absolute atomic E-state index is 6.44.